The fraction of sp³-hybridized carbons (Fsp3) is 0.556. The van der Waals surface area contributed by atoms with Crippen molar-refractivity contribution in [3.8, 4) is 0 Å². The molecule has 1 aromatic rings. The Bertz CT molecular complexity index is 706. The number of rotatable bonds is 7. The van der Waals surface area contributed by atoms with Crippen LogP contribution < -0.4 is 5.32 Å². The zero-order chi connectivity index (χ0) is 21.7. The van der Waals surface area contributed by atoms with Gasteiger partial charge in [0.25, 0.3) is 0 Å². The summed E-state index contributed by atoms with van der Waals surface area (Å²) in [4.78, 5) is 13.6. The zero-order valence-corrected chi connectivity index (χ0v) is 17.6. The first-order valence-corrected chi connectivity index (χ1v) is 10.4. The number of ether oxygens (including phenoxy) is 1. The van der Waals surface area contributed by atoms with Gasteiger partial charge in [-0.2, -0.15) is 0 Å². The molecule has 0 bridgehead atoms. The Balaban J connectivity index is 2.24. The lowest BCUT2D eigenvalue weighted by atomic mass is 10.0. The van der Waals surface area contributed by atoms with Gasteiger partial charge in [-0.25, -0.2) is 4.79 Å². The van der Waals surface area contributed by atoms with Crippen LogP contribution in [0.4, 0.5) is 5.69 Å². The Morgan fingerprint density at radius 3 is 2.45 bits per heavy atom. The van der Waals surface area contributed by atoms with Crippen LogP contribution in [-0.2, 0) is 9.53 Å². The standard InChI is InChI=1S/C18H26N2O7S2/c1-9-3-5-10(6-4-9)19-18(28)20-11(17(26)27-2)8-29-16(20)15(25)14(24)13(23)12(22)7-21/h3-6,11-16,21-25H,7-8H2,1-2H3,(H,19,28)/t11-,12+,13+,14-,15+,16?/m0/s1. The molecule has 1 aliphatic rings. The number of thiocarbonyl (C=S) groups is 1. The van der Waals surface area contributed by atoms with E-state index in [2.05, 4.69) is 5.32 Å². The quantitative estimate of drug-likeness (QED) is 0.228. The Labute approximate surface area is 178 Å². The molecule has 1 aliphatic heterocycles. The van der Waals surface area contributed by atoms with E-state index in [1.165, 1.54) is 12.0 Å². The molecule has 0 saturated carbocycles. The average Bonchev–Trinajstić information content (AvgIpc) is 3.17. The van der Waals surface area contributed by atoms with Crippen molar-refractivity contribution < 1.29 is 35.1 Å². The maximum absolute atomic E-state index is 12.2. The number of hydrogen-bond donors (Lipinski definition) is 6. The van der Waals surface area contributed by atoms with E-state index < -0.39 is 48.4 Å². The van der Waals surface area contributed by atoms with E-state index >= 15 is 0 Å². The molecule has 1 fully saturated rings. The van der Waals surface area contributed by atoms with E-state index in [0.29, 0.717) is 5.69 Å². The fourth-order valence-corrected chi connectivity index (χ4v) is 4.77. The Kier molecular flexibility index (Phi) is 8.64. The molecule has 0 radical (unpaired) electrons. The highest BCUT2D eigenvalue weighted by molar-refractivity contribution is 8.00. The van der Waals surface area contributed by atoms with Gasteiger partial charge in [0.05, 0.1) is 13.7 Å². The summed E-state index contributed by atoms with van der Waals surface area (Å²) in [5.74, 6) is -0.333. The molecule has 1 unspecified atom stereocenters. The highest BCUT2D eigenvalue weighted by atomic mass is 32.2. The number of methoxy groups -OCH3 is 1. The Morgan fingerprint density at radius 2 is 1.90 bits per heavy atom. The lowest BCUT2D eigenvalue weighted by molar-refractivity contribution is -0.146. The number of anilines is 1. The van der Waals surface area contributed by atoms with Crippen LogP contribution in [0.5, 0.6) is 0 Å². The summed E-state index contributed by atoms with van der Waals surface area (Å²) in [6.45, 7) is 1.15. The predicted molar refractivity (Wildman–Crippen MR) is 112 cm³/mol. The lowest BCUT2D eigenvalue weighted by Gasteiger charge is -2.36. The van der Waals surface area contributed by atoms with Crippen LogP contribution in [0.15, 0.2) is 24.3 Å². The van der Waals surface area contributed by atoms with Crippen LogP contribution in [-0.4, -0.2) is 96.8 Å². The second-order valence-corrected chi connectivity index (χ2v) is 8.22. The summed E-state index contributed by atoms with van der Waals surface area (Å²) in [6.07, 6.45) is -6.78. The fourth-order valence-electron chi connectivity index (χ4n) is 2.90. The molecule has 0 aliphatic carbocycles. The first kappa shape index (κ1) is 23.8. The molecule has 11 heteroatoms. The number of aryl methyl sites for hydroxylation is 1. The second-order valence-electron chi connectivity index (χ2n) is 6.69. The normalized spacial score (nSPS) is 23.2. The molecular weight excluding hydrogens is 420 g/mol. The van der Waals surface area contributed by atoms with E-state index in [4.69, 9.17) is 22.1 Å². The maximum Gasteiger partial charge on any atom is 0.329 e. The first-order valence-electron chi connectivity index (χ1n) is 8.89. The third-order valence-electron chi connectivity index (χ3n) is 4.62. The number of carbonyl (C=O) groups is 1. The molecule has 0 aromatic heterocycles. The van der Waals surface area contributed by atoms with Gasteiger partial charge in [-0.3, -0.25) is 0 Å². The average molecular weight is 447 g/mol. The highest BCUT2D eigenvalue weighted by Crippen LogP contribution is 2.34. The SMILES string of the molecule is COC(=O)[C@@H]1CSC([C@H](O)[C@@H](O)[C@H](O)[C@H](O)CO)N1C(=S)Nc1ccc(C)cc1. The summed E-state index contributed by atoms with van der Waals surface area (Å²) in [6, 6.07) is 6.55. The monoisotopic (exact) mass is 446 g/mol. The van der Waals surface area contributed by atoms with Crippen LogP contribution in [0.1, 0.15) is 5.56 Å². The summed E-state index contributed by atoms with van der Waals surface area (Å²) < 4.78 is 4.82. The van der Waals surface area contributed by atoms with Crippen molar-refractivity contribution in [3.63, 3.8) is 0 Å². The highest BCUT2D eigenvalue weighted by Gasteiger charge is 2.47. The Morgan fingerprint density at radius 1 is 1.28 bits per heavy atom. The van der Waals surface area contributed by atoms with Crippen molar-refractivity contribution in [3.05, 3.63) is 29.8 Å². The second kappa shape index (κ2) is 10.5. The summed E-state index contributed by atoms with van der Waals surface area (Å²) in [7, 11) is 1.24. The van der Waals surface area contributed by atoms with Gasteiger partial charge in [0.2, 0.25) is 0 Å². The number of nitrogens with zero attached hydrogens (tertiary/aromatic N) is 1. The summed E-state index contributed by atoms with van der Waals surface area (Å²) >= 11 is 6.59. The number of nitrogens with one attached hydrogen (secondary N) is 1. The third-order valence-corrected chi connectivity index (χ3v) is 6.29. The molecule has 1 heterocycles. The van der Waals surface area contributed by atoms with E-state index in [9.17, 15) is 25.2 Å². The molecule has 6 N–H and O–H groups in total. The van der Waals surface area contributed by atoms with Crippen LogP contribution in [0.2, 0.25) is 0 Å². The first-order chi connectivity index (χ1) is 13.7. The van der Waals surface area contributed by atoms with Crippen molar-refractivity contribution >= 4 is 40.7 Å². The minimum absolute atomic E-state index is 0.127. The van der Waals surface area contributed by atoms with Crippen LogP contribution >= 0.6 is 24.0 Å². The van der Waals surface area contributed by atoms with Gasteiger partial charge in [0.15, 0.2) is 5.11 Å². The number of esters is 1. The molecule has 162 valence electrons. The lowest BCUT2D eigenvalue weighted by Crippen LogP contribution is -2.56. The Hall–Kier alpha value is -1.47. The van der Waals surface area contributed by atoms with Gasteiger partial charge in [0, 0.05) is 11.4 Å². The van der Waals surface area contributed by atoms with Gasteiger partial charge in [0.1, 0.15) is 35.8 Å². The van der Waals surface area contributed by atoms with Gasteiger partial charge >= 0.3 is 5.97 Å². The van der Waals surface area contributed by atoms with E-state index in [0.717, 1.165) is 17.3 Å². The van der Waals surface area contributed by atoms with E-state index in [1.807, 2.05) is 19.1 Å². The van der Waals surface area contributed by atoms with Crippen molar-refractivity contribution in [1.82, 2.24) is 4.90 Å². The topological polar surface area (TPSA) is 143 Å². The van der Waals surface area contributed by atoms with Crippen LogP contribution in [0.3, 0.4) is 0 Å². The third kappa shape index (κ3) is 5.57. The van der Waals surface area contributed by atoms with Gasteiger partial charge in [-0.05, 0) is 31.3 Å². The smallest absolute Gasteiger partial charge is 0.329 e. The molecule has 6 atom stereocenters. The zero-order valence-electron chi connectivity index (χ0n) is 16.0. The number of benzene rings is 1. The predicted octanol–water partition coefficient (Wildman–Crippen LogP) is -0.956. The maximum atomic E-state index is 12.2. The number of hydrogen-bond acceptors (Lipinski definition) is 9. The van der Waals surface area contributed by atoms with Gasteiger partial charge in [-0.15, -0.1) is 11.8 Å². The molecule has 1 aromatic carbocycles. The molecule has 9 nitrogen and oxygen atoms in total. The molecule has 1 saturated heterocycles. The van der Waals surface area contributed by atoms with Crippen molar-refractivity contribution in [2.24, 2.45) is 0 Å². The number of aliphatic hydroxyl groups is 5. The van der Waals surface area contributed by atoms with E-state index in [-0.39, 0.29) is 10.9 Å². The number of thioether (sulfide) groups is 1. The molecule has 2 rings (SSSR count). The largest absolute Gasteiger partial charge is 0.467 e. The van der Waals surface area contributed by atoms with Gasteiger partial charge in [-0.1, -0.05) is 17.7 Å². The molecule has 29 heavy (non-hydrogen) atoms. The summed E-state index contributed by atoms with van der Waals surface area (Å²) in [5.41, 5.74) is 1.73. The molecular formula is C18H26N2O7S2. The molecule has 0 amide bonds. The van der Waals surface area contributed by atoms with Crippen molar-refractivity contribution in [1.29, 1.82) is 0 Å². The summed E-state index contributed by atoms with van der Waals surface area (Å²) in [5, 5.41) is 51.6. The number of carbonyl (C=O) groups excluding carboxylic acids is 1. The van der Waals surface area contributed by atoms with E-state index in [1.54, 1.807) is 12.1 Å². The van der Waals surface area contributed by atoms with Crippen LogP contribution in [0.25, 0.3) is 0 Å². The van der Waals surface area contributed by atoms with Crippen LogP contribution in [0, 0.1) is 6.92 Å². The minimum Gasteiger partial charge on any atom is -0.467 e. The minimum atomic E-state index is -1.78. The van der Waals surface area contributed by atoms with Gasteiger partial charge < -0.3 is 40.5 Å². The number of aliphatic hydroxyl groups excluding tert-OH is 5. The van der Waals surface area contributed by atoms with Crippen molar-refractivity contribution in [2.45, 2.75) is 42.8 Å². The van der Waals surface area contributed by atoms with Crippen molar-refractivity contribution in [2.75, 3.05) is 24.8 Å². The molecule has 0 spiro atoms.